The Bertz CT molecular complexity index is 504. The topological polar surface area (TPSA) is 60.8 Å². The molecule has 0 unspecified atom stereocenters. The molecule has 4 nitrogen and oxygen atoms in total. The molecule has 1 aliphatic rings. The quantitative estimate of drug-likeness (QED) is 0.272. The van der Waals surface area contributed by atoms with E-state index in [0.717, 1.165) is 25.1 Å². The van der Waals surface area contributed by atoms with Crippen molar-refractivity contribution < 1.29 is 0 Å². The van der Waals surface area contributed by atoms with Gasteiger partial charge in [-0.05, 0) is 41.8 Å². The molecule has 0 radical (unpaired) electrons. The zero-order chi connectivity index (χ0) is 11.9. The van der Waals surface area contributed by atoms with Crippen molar-refractivity contribution in [3.63, 3.8) is 0 Å². The van der Waals surface area contributed by atoms with Crippen LogP contribution in [0.5, 0.6) is 0 Å². The number of hydrogen-bond donors (Lipinski definition) is 1. The summed E-state index contributed by atoms with van der Waals surface area (Å²) in [6.45, 7) is 2.44. The largest absolute Gasteiger partial charge is 0.312 e. The summed E-state index contributed by atoms with van der Waals surface area (Å²) in [5.74, 6) is 6.11. The van der Waals surface area contributed by atoms with Gasteiger partial charge < -0.3 is 5.32 Å². The van der Waals surface area contributed by atoms with Gasteiger partial charge in [-0.3, -0.25) is 0 Å². The van der Waals surface area contributed by atoms with Gasteiger partial charge in [0.25, 0.3) is 0 Å². The Labute approximate surface area is 101 Å². The zero-order valence-corrected chi connectivity index (χ0v) is 9.61. The van der Waals surface area contributed by atoms with Crippen molar-refractivity contribution in [1.29, 1.82) is 0 Å². The van der Waals surface area contributed by atoms with E-state index < -0.39 is 0 Å². The summed E-state index contributed by atoms with van der Waals surface area (Å²) in [5, 5.41) is 6.79. The van der Waals surface area contributed by atoms with Crippen molar-refractivity contribution in [3.8, 4) is 11.8 Å². The summed E-state index contributed by atoms with van der Waals surface area (Å²) < 4.78 is 0. The van der Waals surface area contributed by atoms with Crippen LogP contribution in [0.25, 0.3) is 10.4 Å². The van der Waals surface area contributed by atoms with E-state index in [-0.39, 0.29) is 0 Å². The van der Waals surface area contributed by atoms with E-state index in [1.54, 1.807) is 0 Å². The minimum absolute atomic E-state index is 0.443. The van der Waals surface area contributed by atoms with Crippen molar-refractivity contribution in [2.75, 3.05) is 13.1 Å². The number of nitrogens with one attached hydrogen (secondary N) is 1. The van der Waals surface area contributed by atoms with Gasteiger partial charge in [-0.2, -0.15) is 0 Å². The molecule has 1 aliphatic heterocycles. The fourth-order valence-electron chi connectivity index (χ4n) is 1.87. The Balaban J connectivity index is 2.04. The first-order valence-corrected chi connectivity index (χ1v) is 5.72. The number of hydrogen-bond acceptors (Lipinski definition) is 2. The average molecular weight is 226 g/mol. The number of benzene rings is 1. The van der Waals surface area contributed by atoms with E-state index in [1.807, 2.05) is 6.07 Å². The fraction of sp³-hybridized carbons (Fsp3) is 0.385. The van der Waals surface area contributed by atoms with Crippen LogP contribution in [-0.2, 0) is 13.0 Å². The lowest BCUT2D eigenvalue weighted by Gasteiger charge is -2.16. The molecule has 0 saturated heterocycles. The molecule has 2 rings (SSSR count). The van der Waals surface area contributed by atoms with Gasteiger partial charge in [0.1, 0.15) is 0 Å². The molecule has 0 fully saturated rings. The van der Waals surface area contributed by atoms with Crippen molar-refractivity contribution in [3.05, 3.63) is 45.3 Å². The van der Waals surface area contributed by atoms with Crippen molar-refractivity contribution in [2.24, 2.45) is 5.11 Å². The van der Waals surface area contributed by atoms with E-state index >= 15 is 0 Å². The second-order valence-electron chi connectivity index (χ2n) is 3.92. The summed E-state index contributed by atoms with van der Waals surface area (Å²) in [5.41, 5.74) is 11.9. The van der Waals surface area contributed by atoms with Gasteiger partial charge >= 0.3 is 0 Å². The first-order valence-electron chi connectivity index (χ1n) is 5.72. The molecule has 0 saturated carbocycles. The Morgan fingerprint density at radius 3 is 3.24 bits per heavy atom. The van der Waals surface area contributed by atoms with Crippen molar-refractivity contribution in [2.45, 2.75) is 19.4 Å². The van der Waals surface area contributed by atoms with E-state index in [2.05, 4.69) is 39.3 Å². The molecular weight excluding hydrogens is 212 g/mol. The van der Waals surface area contributed by atoms with Gasteiger partial charge in [-0.1, -0.05) is 23.0 Å². The van der Waals surface area contributed by atoms with Gasteiger partial charge in [0.15, 0.2) is 0 Å². The third-order valence-electron chi connectivity index (χ3n) is 2.73. The highest BCUT2D eigenvalue weighted by atomic mass is 15.1. The number of nitrogens with zero attached hydrogens (tertiary/aromatic N) is 3. The molecular formula is C13H14N4. The summed E-state index contributed by atoms with van der Waals surface area (Å²) in [7, 11) is 0. The zero-order valence-electron chi connectivity index (χ0n) is 9.61. The van der Waals surface area contributed by atoms with Gasteiger partial charge in [-0.15, -0.1) is 0 Å². The molecule has 1 aromatic carbocycles. The number of rotatable bonds is 2. The summed E-state index contributed by atoms with van der Waals surface area (Å²) in [6.07, 6.45) is 1.69. The molecule has 0 atom stereocenters. The highest BCUT2D eigenvalue weighted by Gasteiger charge is 2.07. The van der Waals surface area contributed by atoms with Crippen LogP contribution in [0, 0.1) is 11.8 Å². The van der Waals surface area contributed by atoms with Crippen LogP contribution in [0.1, 0.15) is 23.1 Å². The van der Waals surface area contributed by atoms with E-state index in [0.29, 0.717) is 13.0 Å². The number of fused-ring (bicyclic) bond motifs is 1. The van der Waals surface area contributed by atoms with Gasteiger partial charge in [0.05, 0.1) is 0 Å². The lowest BCUT2D eigenvalue weighted by atomic mass is 9.98. The third kappa shape index (κ3) is 3.25. The fourth-order valence-corrected chi connectivity index (χ4v) is 1.87. The minimum Gasteiger partial charge on any atom is -0.312 e. The van der Waals surface area contributed by atoms with Crippen LogP contribution >= 0.6 is 0 Å². The minimum atomic E-state index is 0.443. The Kier molecular flexibility index (Phi) is 4.04. The molecule has 0 amide bonds. The SMILES string of the molecule is [N-]=[N+]=NCCC#Cc1ccc2c(c1)CCNC2. The number of azide groups is 1. The maximum Gasteiger partial charge on any atom is 0.0367 e. The van der Waals surface area contributed by atoms with Crippen molar-refractivity contribution >= 4 is 0 Å². The lowest BCUT2D eigenvalue weighted by molar-refractivity contribution is 0.643. The second kappa shape index (κ2) is 5.95. The Morgan fingerprint density at radius 1 is 1.41 bits per heavy atom. The monoisotopic (exact) mass is 226 g/mol. The Hall–Kier alpha value is -1.95. The summed E-state index contributed by atoms with van der Waals surface area (Å²) in [4.78, 5) is 2.69. The molecule has 1 N–H and O–H groups in total. The van der Waals surface area contributed by atoms with Crippen LogP contribution in [-0.4, -0.2) is 13.1 Å². The molecule has 0 aliphatic carbocycles. The normalized spacial score (nSPS) is 12.9. The molecule has 1 aromatic rings. The molecule has 0 spiro atoms. The smallest absolute Gasteiger partial charge is 0.0367 e. The Morgan fingerprint density at radius 2 is 2.35 bits per heavy atom. The third-order valence-corrected chi connectivity index (χ3v) is 2.73. The van der Waals surface area contributed by atoms with Crippen LogP contribution in [0.4, 0.5) is 0 Å². The van der Waals surface area contributed by atoms with E-state index in [1.165, 1.54) is 11.1 Å². The molecule has 86 valence electrons. The van der Waals surface area contributed by atoms with Crippen LogP contribution in [0.15, 0.2) is 23.3 Å². The first-order chi connectivity index (χ1) is 8.40. The van der Waals surface area contributed by atoms with Crippen molar-refractivity contribution in [1.82, 2.24) is 5.32 Å². The summed E-state index contributed by atoms with van der Waals surface area (Å²) in [6, 6.07) is 6.35. The molecule has 0 bridgehead atoms. The van der Waals surface area contributed by atoms with Crippen LogP contribution in [0.2, 0.25) is 0 Å². The second-order valence-corrected chi connectivity index (χ2v) is 3.92. The lowest BCUT2D eigenvalue weighted by Crippen LogP contribution is -2.23. The predicted octanol–water partition coefficient (Wildman–Crippen LogP) is 2.38. The first kappa shape index (κ1) is 11.5. The summed E-state index contributed by atoms with van der Waals surface area (Å²) >= 11 is 0. The standard InChI is InChI=1S/C13H14N4/c14-17-16-7-2-1-3-11-4-5-13-10-15-8-6-12(13)9-11/h4-5,9,15H,2,6-8,10H2. The highest BCUT2D eigenvalue weighted by molar-refractivity contribution is 5.41. The predicted molar refractivity (Wildman–Crippen MR) is 67.4 cm³/mol. The van der Waals surface area contributed by atoms with Crippen LogP contribution in [0.3, 0.4) is 0 Å². The average Bonchev–Trinajstić information content (AvgIpc) is 2.38. The highest BCUT2D eigenvalue weighted by Crippen LogP contribution is 2.15. The maximum atomic E-state index is 8.12. The van der Waals surface area contributed by atoms with Gasteiger partial charge in [0.2, 0.25) is 0 Å². The van der Waals surface area contributed by atoms with Gasteiger partial charge in [-0.25, -0.2) is 0 Å². The van der Waals surface area contributed by atoms with E-state index in [4.69, 9.17) is 5.53 Å². The molecule has 4 heteroatoms. The molecule has 1 heterocycles. The van der Waals surface area contributed by atoms with Gasteiger partial charge in [0, 0.05) is 30.0 Å². The maximum absolute atomic E-state index is 8.12. The van der Waals surface area contributed by atoms with E-state index in [9.17, 15) is 0 Å². The molecule has 0 aromatic heterocycles. The molecule has 17 heavy (non-hydrogen) atoms. The van der Waals surface area contributed by atoms with Crippen LogP contribution < -0.4 is 5.32 Å².